The van der Waals surface area contributed by atoms with Gasteiger partial charge in [0.05, 0.1) is 14.5 Å². The molecule has 0 saturated carbocycles. The molecule has 1 unspecified atom stereocenters. The topological polar surface area (TPSA) is 12.0 Å². The summed E-state index contributed by atoms with van der Waals surface area (Å²) in [6, 6.07) is 0. The van der Waals surface area contributed by atoms with Crippen LogP contribution in [-0.2, 0) is 0 Å². The third kappa shape index (κ3) is 1.02. The Hall–Kier alpha value is -0.0451. The zero-order valence-electron chi connectivity index (χ0n) is 4.78. The van der Waals surface area contributed by atoms with E-state index in [9.17, 15) is 4.39 Å². The first kappa shape index (κ1) is 6.08. The fourth-order valence-corrected chi connectivity index (χ4v) is 0.877. The van der Waals surface area contributed by atoms with E-state index < -0.39 is 12.0 Å². The van der Waals surface area contributed by atoms with Crippen LogP contribution < -0.4 is 5.32 Å². The first-order valence-electron chi connectivity index (χ1n) is 2.82. The molecule has 2 radical (unpaired) electrons. The molecule has 0 aromatic rings. The van der Waals surface area contributed by atoms with Crippen molar-refractivity contribution in [3.8, 4) is 0 Å². The van der Waals surface area contributed by atoms with Crippen molar-refractivity contribution >= 4 is 7.85 Å². The molecule has 0 amide bonds. The molecule has 1 heterocycles. The van der Waals surface area contributed by atoms with Gasteiger partial charge in [-0.1, -0.05) is 0 Å². The van der Waals surface area contributed by atoms with Crippen LogP contribution in [0.25, 0.3) is 0 Å². The first-order valence-corrected chi connectivity index (χ1v) is 2.82. The van der Waals surface area contributed by atoms with Crippen LogP contribution in [0, 0.1) is 0 Å². The Kier molecular flexibility index (Phi) is 1.56. The van der Waals surface area contributed by atoms with Crippen LogP contribution in [-0.4, -0.2) is 27.6 Å². The van der Waals surface area contributed by atoms with E-state index in [1.807, 2.05) is 0 Å². The summed E-state index contributed by atoms with van der Waals surface area (Å²) < 4.78 is 11.9. The normalized spacial score (nSPS) is 38.1. The van der Waals surface area contributed by atoms with E-state index in [0.29, 0.717) is 6.54 Å². The van der Waals surface area contributed by atoms with Crippen molar-refractivity contribution in [2.24, 2.45) is 0 Å². The minimum absolute atomic E-state index is 0.403. The van der Waals surface area contributed by atoms with E-state index in [2.05, 4.69) is 5.32 Å². The molecule has 1 nitrogen and oxygen atoms in total. The van der Waals surface area contributed by atoms with Crippen molar-refractivity contribution in [2.75, 3.05) is 19.8 Å². The Labute approximate surface area is 50.1 Å². The molecule has 0 aromatic heterocycles. The molecule has 0 bridgehead atoms. The lowest BCUT2D eigenvalue weighted by Gasteiger charge is -2.16. The summed E-state index contributed by atoms with van der Waals surface area (Å²) in [5, 5.41) is 2.46. The maximum atomic E-state index is 11.9. The largest absolute Gasteiger partial charge is 0.317 e. The number of rotatable bonds is 1. The van der Waals surface area contributed by atoms with Gasteiger partial charge in [0, 0.05) is 0 Å². The summed E-state index contributed by atoms with van der Waals surface area (Å²) in [7, 11) is 5.52. The predicted molar refractivity (Wildman–Crippen MR) is 31.9 cm³/mol. The van der Waals surface area contributed by atoms with Gasteiger partial charge in [-0.3, -0.25) is 4.39 Å². The molecule has 1 atom stereocenters. The molecule has 1 aliphatic rings. The van der Waals surface area contributed by atoms with E-state index in [-0.39, 0.29) is 0 Å². The molecule has 0 aliphatic carbocycles. The van der Waals surface area contributed by atoms with E-state index in [1.165, 1.54) is 0 Å². The highest BCUT2D eigenvalue weighted by molar-refractivity contribution is 6.15. The van der Waals surface area contributed by atoms with Gasteiger partial charge < -0.3 is 5.32 Å². The van der Waals surface area contributed by atoms with Gasteiger partial charge in [-0.15, -0.1) is 0 Å². The summed E-state index contributed by atoms with van der Waals surface area (Å²) in [5.74, 6) is 0. The second kappa shape index (κ2) is 2.06. The Morgan fingerprint density at radius 3 is 2.75 bits per heavy atom. The van der Waals surface area contributed by atoms with Crippen molar-refractivity contribution in [2.45, 2.75) is 11.7 Å². The van der Waals surface area contributed by atoms with Crippen molar-refractivity contribution in [1.82, 2.24) is 5.32 Å². The summed E-state index contributed by atoms with van der Waals surface area (Å²) in [6.45, 7) is 1.09. The fourth-order valence-electron chi connectivity index (χ4n) is 0.877. The molecule has 1 rings (SSSR count). The smallest absolute Gasteiger partial charge is 0.0884 e. The second-order valence-corrected chi connectivity index (χ2v) is 2.42. The van der Waals surface area contributed by atoms with E-state index in [4.69, 9.17) is 7.85 Å². The van der Waals surface area contributed by atoms with Gasteiger partial charge >= 0.3 is 0 Å². The standard InChI is InChI=1S/C5H9BFN/c6-5(3-7)1-2-8-4-5/h8H,1-4H2. The summed E-state index contributed by atoms with van der Waals surface area (Å²) >= 11 is 0. The third-order valence-electron chi connectivity index (χ3n) is 1.54. The lowest BCUT2D eigenvalue weighted by Crippen LogP contribution is -2.18. The van der Waals surface area contributed by atoms with Crippen molar-refractivity contribution < 1.29 is 4.39 Å². The molecule has 44 valence electrons. The predicted octanol–water partition coefficient (Wildman–Crippen LogP) is 0.276. The van der Waals surface area contributed by atoms with E-state index in [1.54, 1.807) is 0 Å². The van der Waals surface area contributed by atoms with E-state index >= 15 is 0 Å². The van der Waals surface area contributed by atoms with Crippen molar-refractivity contribution in [3.63, 3.8) is 0 Å². The Balaban J connectivity index is 2.40. The molecular formula is C5H9BFN. The van der Waals surface area contributed by atoms with Gasteiger partial charge in [0.15, 0.2) is 0 Å². The molecule has 0 spiro atoms. The van der Waals surface area contributed by atoms with Gasteiger partial charge in [0.2, 0.25) is 0 Å². The van der Waals surface area contributed by atoms with Gasteiger partial charge in [-0.2, -0.15) is 0 Å². The molecule has 3 heteroatoms. The quantitative estimate of drug-likeness (QED) is 0.481. The highest BCUT2D eigenvalue weighted by Crippen LogP contribution is 2.28. The fraction of sp³-hybridized carbons (Fsp3) is 1.00. The number of alkyl halides is 1. The summed E-state index contributed by atoms with van der Waals surface area (Å²) in [4.78, 5) is 0. The zero-order valence-corrected chi connectivity index (χ0v) is 4.78. The van der Waals surface area contributed by atoms with Crippen LogP contribution in [0.15, 0.2) is 0 Å². The first-order chi connectivity index (χ1) is 3.77. The zero-order chi connectivity index (χ0) is 6.04. The molecule has 1 N–H and O–H groups in total. The van der Waals surface area contributed by atoms with Crippen molar-refractivity contribution in [3.05, 3.63) is 0 Å². The van der Waals surface area contributed by atoms with Crippen LogP contribution in [0.4, 0.5) is 4.39 Å². The van der Waals surface area contributed by atoms with Crippen molar-refractivity contribution in [1.29, 1.82) is 0 Å². The lowest BCUT2D eigenvalue weighted by molar-refractivity contribution is 0.398. The SMILES string of the molecule is [B]C1(CF)CCNC1. The van der Waals surface area contributed by atoms with Crippen LogP contribution >= 0.6 is 0 Å². The minimum Gasteiger partial charge on any atom is -0.317 e. The van der Waals surface area contributed by atoms with Crippen LogP contribution in [0.3, 0.4) is 0 Å². The Bertz CT molecular complexity index is 80.5. The lowest BCUT2D eigenvalue weighted by atomic mass is 9.69. The molecule has 1 saturated heterocycles. The minimum atomic E-state index is -0.542. The molecule has 8 heavy (non-hydrogen) atoms. The highest BCUT2D eigenvalue weighted by atomic mass is 19.1. The number of nitrogens with one attached hydrogen (secondary N) is 1. The second-order valence-electron chi connectivity index (χ2n) is 2.42. The van der Waals surface area contributed by atoms with Crippen LogP contribution in [0.2, 0.25) is 5.31 Å². The van der Waals surface area contributed by atoms with Gasteiger partial charge in [0.25, 0.3) is 0 Å². The maximum Gasteiger partial charge on any atom is 0.0884 e. The molecule has 0 aromatic carbocycles. The third-order valence-corrected chi connectivity index (χ3v) is 1.54. The maximum absolute atomic E-state index is 11.9. The monoisotopic (exact) mass is 113 g/mol. The summed E-state index contributed by atoms with van der Waals surface area (Å²) in [6.07, 6.45) is 0.767. The van der Waals surface area contributed by atoms with Crippen LogP contribution in [0.5, 0.6) is 0 Å². The van der Waals surface area contributed by atoms with Gasteiger partial charge in [-0.05, 0) is 24.8 Å². The number of hydrogen-bond acceptors (Lipinski definition) is 1. The van der Waals surface area contributed by atoms with Crippen LogP contribution in [0.1, 0.15) is 6.42 Å². The molecule has 1 aliphatic heterocycles. The van der Waals surface area contributed by atoms with E-state index in [0.717, 1.165) is 13.0 Å². The number of halogens is 1. The average molecular weight is 113 g/mol. The summed E-state index contributed by atoms with van der Waals surface area (Å²) in [5.41, 5.74) is 0. The Morgan fingerprint density at radius 2 is 2.50 bits per heavy atom. The van der Waals surface area contributed by atoms with Gasteiger partial charge in [-0.25, -0.2) is 0 Å². The molecule has 1 fully saturated rings. The highest BCUT2D eigenvalue weighted by Gasteiger charge is 2.27. The van der Waals surface area contributed by atoms with Gasteiger partial charge in [0.1, 0.15) is 0 Å². The molecular weight excluding hydrogens is 104 g/mol. The average Bonchev–Trinajstić information content (AvgIpc) is 2.17. The Morgan fingerprint density at radius 1 is 1.75 bits per heavy atom. The number of hydrogen-bond donors (Lipinski definition) is 1.